The van der Waals surface area contributed by atoms with Crippen LogP contribution in [-0.2, 0) is 28.5 Å². The highest BCUT2D eigenvalue weighted by atomic mass is 16.7. The van der Waals surface area contributed by atoms with E-state index >= 15 is 0 Å². The molecule has 0 aliphatic heterocycles. The van der Waals surface area contributed by atoms with Crippen molar-refractivity contribution in [2.45, 2.75) is 213 Å². The number of carbonyl (C=O) groups excluding carboxylic acids is 2. The molecule has 0 aliphatic carbocycles. The average molecular weight is 776 g/mol. The lowest BCUT2D eigenvalue weighted by Crippen LogP contribution is -2.29. The Hall–Kier alpha value is -2.10. The minimum Gasteiger partial charge on any atom is -0.466 e. The smallest absolute Gasteiger partial charge is 0.305 e. The van der Waals surface area contributed by atoms with Crippen LogP contribution in [0.2, 0.25) is 0 Å². The van der Waals surface area contributed by atoms with Crippen molar-refractivity contribution < 1.29 is 33.6 Å². The SMILES string of the molecule is CCCCC#CCCOC(CCC(=O)OCCCCCCCCN(CCO)CCCCCC(=O)OCCCCCCCCCCC)OCCC#CCCCC. The van der Waals surface area contributed by atoms with Crippen LogP contribution >= 0.6 is 0 Å². The molecule has 55 heavy (non-hydrogen) atoms. The molecule has 0 spiro atoms. The molecule has 0 aromatic heterocycles. The second-order valence-corrected chi connectivity index (χ2v) is 14.9. The maximum absolute atomic E-state index is 12.4. The van der Waals surface area contributed by atoms with Gasteiger partial charge < -0.3 is 29.0 Å². The quantitative estimate of drug-likeness (QED) is 0.0285. The Labute approximate surface area is 339 Å². The Balaban J connectivity index is 3.96. The van der Waals surface area contributed by atoms with Crippen LogP contribution in [0.3, 0.4) is 0 Å². The third kappa shape index (κ3) is 41.4. The number of hydrogen-bond acceptors (Lipinski definition) is 8. The van der Waals surface area contributed by atoms with Crippen molar-refractivity contribution in [3.8, 4) is 23.7 Å². The van der Waals surface area contributed by atoms with Gasteiger partial charge in [-0.1, -0.05) is 117 Å². The van der Waals surface area contributed by atoms with Crippen LogP contribution in [-0.4, -0.2) is 80.9 Å². The van der Waals surface area contributed by atoms with E-state index in [4.69, 9.17) is 18.9 Å². The van der Waals surface area contributed by atoms with Gasteiger partial charge in [-0.3, -0.25) is 9.59 Å². The van der Waals surface area contributed by atoms with Gasteiger partial charge in [0, 0.05) is 45.1 Å². The molecular formula is C47H85NO7. The minimum absolute atomic E-state index is 0.0604. The largest absolute Gasteiger partial charge is 0.466 e. The van der Waals surface area contributed by atoms with Crippen LogP contribution in [0.15, 0.2) is 0 Å². The number of ether oxygens (including phenoxy) is 4. The van der Waals surface area contributed by atoms with Crippen molar-refractivity contribution in [1.29, 1.82) is 0 Å². The van der Waals surface area contributed by atoms with Crippen LogP contribution in [0, 0.1) is 23.7 Å². The van der Waals surface area contributed by atoms with Crippen molar-refractivity contribution >= 4 is 11.9 Å². The summed E-state index contributed by atoms with van der Waals surface area (Å²) in [5.74, 6) is 12.4. The van der Waals surface area contributed by atoms with E-state index in [0.29, 0.717) is 58.7 Å². The summed E-state index contributed by atoms with van der Waals surface area (Å²) in [6, 6.07) is 0. The molecule has 0 radical (unpaired) electrons. The van der Waals surface area contributed by atoms with Crippen molar-refractivity contribution in [2.24, 2.45) is 0 Å². The number of esters is 2. The molecule has 0 saturated heterocycles. The highest BCUT2D eigenvalue weighted by Gasteiger charge is 2.13. The number of nitrogens with zero attached hydrogens (tertiary/aromatic N) is 1. The molecule has 8 heteroatoms. The summed E-state index contributed by atoms with van der Waals surface area (Å²) >= 11 is 0. The fourth-order valence-electron chi connectivity index (χ4n) is 6.15. The summed E-state index contributed by atoms with van der Waals surface area (Å²) in [6.45, 7) is 11.4. The average Bonchev–Trinajstić information content (AvgIpc) is 3.18. The van der Waals surface area contributed by atoms with E-state index in [2.05, 4.69) is 49.4 Å². The standard InChI is InChI=1S/C47H85NO7/c1-4-7-10-13-16-17-19-24-30-41-52-45(50)34-27-26-29-38-48(39-40-49)37-28-21-18-20-25-31-42-53-46(51)35-36-47(54-43-32-22-14-11-8-5-2)55-44-33-23-15-12-9-6-3/h47,49H,4-13,16-21,24-44H2,1-3H3. The van der Waals surface area contributed by atoms with Crippen LogP contribution in [0.5, 0.6) is 0 Å². The zero-order valence-corrected chi connectivity index (χ0v) is 36.1. The monoisotopic (exact) mass is 776 g/mol. The van der Waals surface area contributed by atoms with E-state index in [9.17, 15) is 14.7 Å². The lowest BCUT2D eigenvalue weighted by atomic mass is 10.1. The van der Waals surface area contributed by atoms with Gasteiger partial charge in [-0.25, -0.2) is 0 Å². The van der Waals surface area contributed by atoms with E-state index < -0.39 is 6.29 Å². The molecule has 0 aromatic carbocycles. The molecule has 0 saturated carbocycles. The third-order valence-corrected chi connectivity index (χ3v) is 9.62. The van der Waals surface area contributed by atoms with E-state index in [1.54, 1.807) is 0 Å². The number of aliphatic hydroxyl groups excluding tert-OH is 1. The molecule has 0 atom stereocenters. The van der Waals surface area contributed by atoms with Gasteiger partial charge in [0.25, 0.3) is 0 Å². The fourth-order valence-corrected chi connectivity index (χ4v) is 6.15. The van der Waals surface area contributed by atoms with Crippen LogP contribution in [0.25, 0.3) is 0 Å². The molecule has 320 valence electrons. The number of hydrogen-bond donors (Lipinski definition) is 1. The first kappa shape index (κ1) is 52.9. The molecule has 0 rings (SSSR count). The van der Waals surface area contributed by atoms with Gasteiger partial charge in [0.1, 0.15) is 0 Å². The zero-order chi connectivity index (χ0) is 40.1. The molecular weight excluding hydrogens is 691 g/mol. The summed E-state index contributed by atoms with van der Waals surface area (Å²) < 4.78 is 22.8. The normalized spacial score (nSPS) is 11.0. The highest BCUT2D eigenvalue weighted by molar-refractivity contribution is 5.69. The molecule has 0 bridgehead atoms. The first-order chi connectivity index (χ1) is 27.1. The van der Waals surface area contributed by atoms with E-state index in [-0.39, 0.29) is 25.0 Å². The Morgan fingerprint density at radius 1 is 0.473 bits per heavy atom. The molecule has 0 heterocycles. The van der Waals surface area contributed by atoms with Gasteiger partial charge in [-0.2, -0.15) is 0 Å². The summed E-state index contributed by atoms with van der Waals surface area (Å²) in [7, 11) is 0. The summed E-state index contributed by atoms with van der Waals surface area (Å²) in [5, 5.41) is 9.52. The molecule has 0 unspecified atom stereocenters. The van der Waals surface area contributed by atoms with Gasteiger partial charge in [-0.05, 0) is 58.0 Å². The zero-order valence-electron chi connectivity index (χ0n) is 36.1. The Bertz CT molecular complexity index is 934. The van der Waals surface area contributed by atoms with Crippen molar-refractivity contribution in [1.82, 2.24) is 4.90 Å². The number of carbonyl (C=O) groups is 2. The van der Waals surface area contributed by atoms with Gasteiger partial charge in [0.05, 0.1) is 39.5 Å². The van der Waals surface area contributed by atoms with Crippen molar-refractivity contribution in [3.05, 3.63) is 0 Å². The van der Waals surface area contributed by atoms with Crippen molar-refractivity contribution in [3.63, 3.8) is 0 Å². The lowest BCUT2D eigenvalue weighted by molar-refractivity contribution is -0.157. The van der Waals surface area contributed by atoms with Gasteiger partial charge in [-0.15, -0.1) is 23.7 Å². The minimum atomic E-state index is -0.453. The molecule has 0 aromatic rings. The van der Waals surface area contributed by atoms with Crippen LogP contribution in [0.4, 0.5) is 0 Å². The van der Waals surface area contributed by atoms with Crippen molar-refractivity contribution in [2.75, 3.05) is 52.7 Å². The van der Waals surface area contributed by atoms with Gasteiger partial charge >= 0.3 is 11.9 Å². The van der Waals surface area contributed by atoms with Gasteiger partial charge in [0.2, 0.25) is 0 Å². The molecule has 0 fully saturated rings. The summed E-state index contributed by atoms with van der Waals surface area (Å²) in [5.41, 5.74) is 0. The maximum Gasteiger partial charge on any atom is 0.305 e. The Kier molecular flexibility index (Phi) is 42.9. The number of aliphatic hydroxyl groups is 1. The predicted molar refractivity (Wildman–Crippen MR) is 228 cm³/mol. The predicted octanol–water partition coefficient (Wildman–Crippen LogP) is 11.1. The first-order valence-electron chi connectivity index (χ1n) is 22.9. The first-order valence-corrected chi connectivity index (χ1v) is 22.9. The third-order valence-electron chi connectivity index (χ3n) is 9.62. The lowest BCUT2D eigenvalue weighted by Gasteiger charge is -2.21. The van der Waals surface area contributed by atoms with Crippen LogP contribution < -0.4 is 0 Å². The topological polar surface area (TPSA) is 94.5 Å². The Morgan fingerprint density at radius 3 is 1.38 bits per heavy atom. The van der Waals surface area contributed by atoms with Gasteiger partial charge in [0.15, 0.2) is 6.29 Å². The molecule has 0 aliphatic rings. The molecule has 0 amide bonds. The number of rotatable bonds is 40. The molecule has 8 nitrogen and oxygen atoms in total. The Morgan fingerprint density at radius 2 is 0.891 bits per heavy atom. The molecule has 1 N–H and O–H groups in total. The summed E-state index contributed by atoms with van der Waals surface area (Å²) in [4.78, 5) is 26.8. The second-order valence-electron chi connectivity index (χ2n) is 14.9. The van der Waals surface area contributed by atoms with E-state index in [1.807, 2.05) is 0 Å². The summed E-state index contributed by atoms with van der Waals surface area (Å²) in [6.07, 6.45) is 29.2. The second kappa shape index (κ2) is 44.6. The number of unbranched alkanes of at least 4 members (excludes halogenated alkanes) is 19. The fraction of sp³-hybridized carbons (Fsp3) is 0.872. The highest BCUT2D eigenvalue weighted by Crippen LogP contribution is 2.12. The van der Waals surface area contributed by atoms with E-state index in [1.165, 1.54) is 44.9 Å². The van der Waals surface area contributed by atoms with E-state index in [0.717, 1.165) is 122 Å². The maximum atomic E-state index is 12.4. The van der Waals surface area contributed by atoms with Crippen LogP contribution in [0.1, 0.15) is 207 Å².